The molecule has 17 heteroatoms. The van der Waals surface area contributed by atoms with E-state index in [0.717, 1.165) is 36.7 Å². The predicted octanol–water partition coefficient (Wildman–Crippen LogP) is -1.94. The van der Waals surface area contributed by atoms with Gasteiger partial charge in [0.05, 0.1) is 13.2 Å². The van der Waals surface area contributed by atoms with Crippen LogP contribution in [0, 0.1) is 0 Å². The Hall–Kier alpha value is -0.180. The fourth-order valence-corrected chi connectivity index (χ4v) is 5.24. The summed E-state index contributed by atoms with van der Waals surface area (Å²) in [5.74, 6) is -0.0605. The average Bonchev–Trinajstić information content (AvgIpc) is 2.99. The predicted molar refractivity (Wildman–Crippen MR) is 115 cm³/mol. The monoisotopic (exact) mass is 538 g/mol. The van der Waals surface area contributed by atoms with E-state index < -0.39 is 52.5 Å². The van der Waals surface area contributed by atoms with Crippen LogP contribution < -0.4 is 41.0 Å². The van der Waals surface area contributed by atoms with Crippen molar-refractivity contribution in [1.82, 2.24) is 9.55 Å². The minimum absolute atomic E-state index is 0. The third-order valence-electron chi connectivity index (χ3n) is 4.82. The number of hydrogen-bond donors (Lipinski definition) is 5. The number of anilines is 1. The minimum Gasteiger partial charge on any atom is -0.387 e. The Morgan fingerprint density at radius 3 is 2.35 bits per heavy atom. The normalized spacial score (nSPS) is 25.9. The van der Waals surface area contributed by atoms with Crippen LogP contribution >= 0.6 is 15.6 Å². The van der Waals surface area contributed by atoms with Gasteiger partial charge < -0.3 is 30.5 Å². The summed E-state index contributed by atoms with van der Waals surface area (Å²) in [7, 11) is -9.99. The fourth-order valence-electron chi connectivity index (χ4n) is 3.12. The summed E-state index contributed by atoms with van der Waals surface area (Å²) in [6, 6.07) is 1.27. The molecule has 1 aliphatic heterocycles. The van der Waals surface area contributed by atoms with Crippen LogP contribution in [0.2, 0.25) is 0 Å². The van der Waals surface area contributed by atoms with Crippen LogP contribution in [0.4, 0.5) is 5.82 Å². The molecule has 0 bridgehead atoms. The number of aromatic nitrogens is 2. The number of aliphatic hydroxyl groups is 2. The summed E-state index contributed by atoms with van der Waals surface area (Å²) >= 11 is 0. The summed E-state index contributed by atoms with van der Waals surface area (Å²) < 4.78 is 43.7. The maximum atomic E-state index is 12.0. The number of nitrogens with zero attached hydrogens (tertiary/aromatic N) is 2. The Morgan fingerprint density at radius 2 is 1.71 bits per heavy atom. The molecular formula is C17H31N3NaO11P2+. The standard InChI is InChI=1S/C17H31N3O11P2.Na/c1-2-3-4-5-6-7-10-28-32(24,25)31-33(26,27)29-11-12-14(21)15(22)16(30-12)20-9-8-13(18)19-17(20)23;/h8-9,12,14-16,21-22H,2-7,10-11H2,1H3,(H,24,25)(H,26,27)(H2,18,19,23);/q;+1. The zero-order valence-corrected chi connectivity index (χ0v) is 22.9. The molecule has 0 saturated carbocycles. The molecule has 1 saturated heterocycles. The van der Waals surface area contributed by atoms with Crippen LogP contribution in [-0.4, -0.2) is 61.1 Å². The van der Waals surface area contributed by atoms with Crippen LogP contribution in [0.5, 0.6) is 0 Å². The molecule has 1 aromatic rings. The molecule has 0 aromatic carbocycles. The minimum atomic E-state index is -5.10. The number of unbranched alkanes of at least 4 members (excludes halogenated alkanes) is 5. The molecule has 34 heavy (non-hydrogen) atoms. The van der Waals surface area contributed by atoms with Gasteiger partial charge in [-0.25, -0.2) is 13.9 Å². The van der Waals surface area contributed by atoms with Crippen molar-refractivity contribution in [3.8, 4) is 0 Å². The summed E-state index contributed by atoms with van der Waals surface area (Å²) in [6.45, 7) is 1.12. The number of nitrogens with two attached hydrogens (primary N) is 1. The Balaban J connectivity index is 0.00000578. The number of phosphoric acid groups is 2. The third-order valence-corrected chi connectivity index (χ3v) is 7.46. The van der Waals surface area contributed by atoms with Crippen LogP contribution in [0.25, 0.3) is 0 Å². The Bertz CT molecular complexity index is 921. The largest absolute Gasteiger partial charge is 1.00 e. The van der Waals surface area contributed by atoms with E-state index in [2.05, 4.69) is 25.3 Å². The van der Waals surface area contributed by atoms with Crippen LogP contribution in [0.3, 0.4) is 0 Å². The van der Waals surface area contributed by atoms with Crippen molar-refractivity contribution in [2.24, 2.45) is 0 Å². The van der Waals surface area contributed by atoms with E-state index in [-0.39, 0.29) is 42.0 Å². The van der Waals surface area contributed by atoms with E-state index in [1.54, 1.807) is 0 Å². The van der Waals surface area contributed by atoms with Gasteiger partial charge in [0.15, 0.2) is 6.23 Å². The van der Waals surface area contributed by atoms with E-state index >= 15 is 0 Å². The van der Waals surface area contributed by atoms with Gasteiger partial charge in [0.25, 0.3) is 0 Å². The third kappa shape index (κ3) is 10.1. The van der Waals surface area contributed by atoms with Crippen molar-refractivity contribution in [3.63, 3.8) is 0 Å². The molecule has 0 radical (unpaired) electrons. The molecule has 0 spiro atoms. The van der Waals surface area contributed by atoms with Gasteiger partial charge in [-0.1, -0.05) is 39.0 Å². The molecule has 2 rings (SSSR count). The first-order chi connectivity index (χ1) is 15.5. The molecule has 2 heterocycles. The van der Waals surface area contributed by atoms with Crippen LogP contribution in [0.15, 0.2) is 17.1 Å². The maximum Gasteiger partial charge on any atom is 1.00 e. The number of hydrogen-bond acceptors (Lipinski definition) is 11. The Kier molecular flexibility index (Phi) is 13.6. The van der Waals surface area contributed by atoms with Gasteiger partial charge in [0, 0.05) is 6.20 Å². The van der Waals surface area contributed by atoms with Gasteiger partial charge in [-0.2, -0.15) is 9.29 Å². The molecule has 1 aromatic heterocycles. The maximum absolute atomic E-state index is 12.0. The molecule has 6 atom stereocenters. The van der Waals surface area contributed by atoms with Crippen LogP contribution in [0.1, 0.15) is 51.7 Å². The van der Waals surface area contributed by atoms with Gasteiger partial charge >= 0.3 is 50.9 Å². The molecule has 0 aliphatic carbocycles. The van der Waals surface area contributed by atoms with E-state index in [0.29, 0.717) is 6.42 Å². The average molecular weight is 538 g/mol. The number of phosphoric ester groups is 2. The van der Waals surface area contributed by atoms with Crippen molar-refractivity contribution in [3.05, 3.63) is 22.7 Å². The van der Waals surface area contributed by atoms with Gasteiger partial charge in [0.1, 0.15) is 24.1 Å². The van der Waals surface area contributed by atoms with E-state index in [9.17, 15) is 33.9 Å². The second-order valence-corrected chi connectivity index (χ2v) is 10.5. The topological polar surface area (TPSA) is 213 Å². The quantitative estimate of drug-likeness (QED) is 0.0992. The summed E-state index contributed by atoms with van der Waals surface area (Å²) in [4.78, 5) is 34.8. The van der Waals surface area contributed by atoms with Crippen molar-refractivity contribution in [2.45, 2.75) is 70.0 Å². The first kappa shape index (κ1) is 31.8. The zero-order valence-electron chi connectivity index (χ0n) is 19.1. The zero-order chi connectivity index (χ0) is 24.6. The summed E-state index contributed by atoms with van der Waals surface area (Å²) in [5, 5.41) is 20.3. The van der Waals surface area contributed by atoms with Gasteiger partial charge in [-0.15, -0.1) is 0 Å². The summed E-state index contributed by atoms with van der Waals surface area (Å²) in [5.41, 5.74) is 4.55. The number of ether oxygens (including phenoxy) is 1. The molecule has 0 amide bonds. The molecule has 1 fully saturated rings. The second kappa shape index (κ2) is 14.5. The van der Waals surface area contributed by atoms with E-state index in [4.69, 9.17) is 10.5 Å². The molecule has 190 valence electrons. The number of aliphatic hydroxyl groups excluding tert-OH is 2. The molecule has 6 unspecified atom stereocenters. The van der Waals surface area contributed by atoms with Crippen molar-refractivity contribution < 1.29 is 76.8 Å². The van der Waals surface area contributed by atoms with Crippen LogP contribution in [-0.2, 0) is 27.2 Å². The van der Waals surface area contributed by atoms with Gasteiger partial charge in [-0.05, 0) is 12.5 Å². The van der Waals surface area contributed by atoms with E-state index in [1.807, 2.05) is 0 Å². The molecule has 6 N–H and O–H groups in total. The SMILES string of the molecule is CCCCCCCCOP(=O)(O)OP(=O)(O)OCC1OC(n2ccc(N)nc2=O)C(O)C1O.[Na+]. The van der Waals surface area contributed by atoms with Gasteiger partial charge in [-0.3, -0.25) is 13.6 Å². The molecule has 14 nitrogen and oxygen atoms in total. The fraction of sp³-hybridized carbons (Fsp3) is 0.765. The van der Waals surface area contributed by atoms with Crippen molar-refractivity contribution >= 4 is 21.5 Å². The molecular weight excluding hydrogens is 507 g/mol. The number of rotatable bonds is 14. The number of nitrogen functional groups attached to an aromatic ring is 1. The summed E-state index contributed by atoms with van der Waals surface area (Å²) in [6.07, 6.45) is 0.600. The Morgan fingerprint density at radius 1 is 1.09 bits per heavy atom. The first-order valence-electron chi connectivity index (χ1n) is 10.5. The Labute approximate surface area is 218 Å². The first-order valence-corrected chi connectivity index (χ1v) is 13.5. The van der Waals surface area contributed by atoms with Crippen molar-refractivity contribution in [2.75, 3.05) is 18.9 Å². The van der Waals surface area contributed by atoms with Crippen molar-refractivity contribution in [1.29, 1.82) is 0 Å². The smallest absolute Gasteiger partial charge is 0.387 e. The van der Waals surface area contributed by atoms with Gasteiger partial charge in [0.2, 0.25) is 0 Å². The molecule has 1 aliphatic rings. The van der Waals surface area contributed by atoms with E-state index in [1.165, 1.54) is 12.3 Å². The second-order valence-electron chi connectivity index (χ2n) is 7.50.